The van der Waals surface area contributed by atoms with Crippen molar-refractivity contribution < 1.29 is 28.6 Å². The SMILES string of the molecule is CC/C=C\C/C=C\C/C=C\C/C=C\C/C=C\CCCC(=O)OCC(COC(=O)CCCCCCC/C=C\CCCCCC)OC(=O)CCCCCCCCC/C=C\CCCCCCCC. The molecule has 0 fully saturated rings. The summed E-state index contributed by atoms with van der Waals surface area (Å²) in [6, 6.07) is 0. The number of hydrogen-bond acceptors (Lipinski definition) is 6. The zero-order valence-electron chi connectivity index (χ0n) is 42.5. The van der Waals surface area contributed by atoms with Crippen molar-refractivity contribution in [1.82, 2.24) is 0 Å². The fourth-order valence-electron chi connectivity index (χ4n) is 7.29. The van der Waals surface area contributed by atoms with Crippen molar-refractivity contribution >= 4 is 17.9 Å². The van der Waals surface area contributed by atoms with Gasteiger partial charge in [0.2, 0.25) is 0 Å². The number of unbranched alkanes of at least 4 members (excludes halogenated alkanes) is 23. The number of carbonyl (C=O) groups excluding carboxylic acids is 3. The summed E-state index contributed by atoms with van der Waals surface area (Å²) in [4.78, 5) is 38.0. The first-order chi connectivity index (χ1) is 32.0. The van der Waals surface area contributed by atoms with Gasteiger partial charge in [-0.1, -0.05) is 209 Å². The maximum atomic E-state index is 12.8. The lowest BCUT2D eigenvalue weighted by Crippen LogP contribution is -2.30. The Morgan fingerprint density at radius 1 is 0.323 bits per heavy atom. The van der Waals surface area contributed by atoms with Crippen molar-refractivity contribution in [3.8, 4) is 0 Å². The van der Waals surface area contributed by atoms with Gasteiger partial charge in [-0.3, -0.25) is 14.4 Å². The Labute approximate surface area is 401 Å². The third-order valence-corrected chi connectivity index (χ3v) is 11.4. The molecule has 0 heterocycles. The molecule has 0 bridgehead atoms. The molecule has 0 radical (unpaired) electrons. The summed E-state index contributed by atoms with van der Waals surface area (Å²) < 4.78 is 16.8. The van der Waals surface area contributed by atoms with E-state index in [2.05, 4.69) is 106 Å². The Morgan fingerprint density at radius 3 is 1.03 bits per heavy atom. The van der Waals surface area contributed by atoms with Crippen LogP contribution in [0.4, 0.5) is 0 Å². The molecule has 0 aliphatic heterocycles. The Bertz CT molecular complexity index is 1270. The van der Waals surface area contributed by atoms with Gasteiger partial charge in [0.15, 0.2) is 6.10 Å². The molecule has 0 aromatic rings. The minimum Gasteiger partial charge on any atom is -0.462 e. The number of esters is 3. The number of hydrogen-bond donors (Lipinski definition) is 0. The fourth-order valence-corrected chi connectivity index (χ4v) is 7.29. The molecule has 0 aliphatic carbocycles. The van der Waals surface area contributed by atoms with E-state index in [0.29, 0.717) is 19.3 Å². The summed E-state index contributed by atoms with van der Waals surface area (Å²) in [5, 5.41) is 0. The molecule has 0 saturated carbocycles. The molecular formula is C59H100O6. The van der Waals surface area contributed by atoms with Gasteiger partial charge in [-0.25, -0.2) is 0 Å². The van der Waals surface area contributed by atoms with Crippen molar-refractivity contribution in [2.45, 2.75) is 258 Å². The van der Waals surface area contributed by atoms with Crippen LogP contribution in [0.25, 0.3) is 0 Å². The van der Waals surface area contributed by atoms with Crippen LogP contribution in [0.5, 0.6) is 0 Å². The van der Waals surface area contributed by atoms with Crippen molar-refractivity contribution in [3.05, 3.63) is 85.1 Å². The Kier molecular flexibility index (Phi) is 50.4. The smallest absolute Gasteiger partial charge is 0.306 e. The molecule has 0 saturated heterocycles. The highest BCUT2D eigenvalue weighted by molar-refractivity contribution is 5.71. The Hall–Kier alpha value is -3.41. The van der Waals surface area contributed by atoms with E-state index in [4.69, 9.17) is 14.2 Å². The van der Waals surface area contributed by atoms with Gasteiger partial charge in [0, 0.05) is 19.3 Å². The van der Waals surface area contributed by atoms with Crippen LogP contribution in [0.3, 0.4) is 0 Å². The summed E-state index contributed by atoms with van der Waals surface area (Å²) in [6.45, 7) is 6.45. The molecule has 0 spiro atoms. The lowest BCUT2D eigenvalue weighted by Gasteiger charge is -2.18. The first-order valence-electron chi connectivity index (χ1n) is 27.1. The van der Waals surface area contributed by atoms with E-state index >= 15 is 0 Å². The summed E-state index contributed by atoms with van der Waals surface area (Å²) in [5.74, 6) is -0.972. The maximum Gasteiger partial charge on any atom is 0.306 e. The van der Waals surface area contributed by atoms with Gasteiger partial charge in [0.05, 0.1) is 0 Å². The third kappa shape index (κ3) is 51.4. The van der Waals surface area contributed by atoms with Crippen LogP contribution >= 0.6 is 0 Å². The highest BCUT2D eigenvalue weighted by atomic mass is 16.6. The fraction of sp³-hybridized carbons (Fsp3) is 0.712. The number of allylic oxidation sites excluding steroid dienone is 14. The van der Waals surface area contributed by atoms with Gasteiger partial charge in [0.25, 0.3) is 0 Å². The second-order valence-electron chi connectivity index (χ2n) is 17.7. The lowest BCUT2D eigenvalue weighted by molar-refractivity contribution is -0.167. The molecule has 0 amide bonds. The molecule has 6 heteroatoms. The van der Waals surface area contributed by atoms with Crippen LogP contribution in [0, 0.1) is 0 Å². The van der Waals surface area contributed by atoms with Crippen LogP contribution in [0.2, 0.25) is 0 Å². The zero-order valence-corrected chi connectivity index (χ0v) is 42.5. The third-order valence-electron chi connectivity index (χ3n) is 11.4. The van der Waals surface area contributed by atoms with Crippen LogP contribution < -0.4 is 0 Å². The maximum absolute atomic E-state index is 12.8. The minimum atomic E-state index is -0.805. The van der Waals surface area contributed by atoms with Gasteiger partial charge in [-0.05, 0) is 109 Å². The summed E-state index contributed by atoms with van der Waals surface area (Å²) in [7, 11) is 0. The molecule has 0 aromatic heterocycles. The first kappa shape index (κ1) is 61.6. The number of rotatable bonds is 48. The molecular weight excluding hydrogens is 805 g/mol. The normalized spacial score (nSPS) is 12.7. The van der Waals surface area contributed by atoms with Crippen molar-refractivity contribution in [2.75, 3.05) is 13.2 Å². The number of carbonyl (C=O) groups is 3. The molecule has 6 nitrogen and oxygen atoms in total. The largest absolute Gasteiger partial charge is 0.462 e. The Balaban J connectivity index is 4.48. The second kappa shape index (κ2) is 53.2. The van der Waals surface area contributed by atoms with Crippen LogP contribution in [0.15, 0.2) is 85.1 Å². The van der Waals surface area contributed by atoms with E-state index in [-0.39, 0.29) is 37.5 Å². The minimum absolute atomic E-state index is 0.100. The van der Waals surface area contributed by atoms with Crippen molar-refractivity contribution in [3.63, 3.8) is 0 Å². The predicted molar refractivity (Wildman–Crippen MR) is 279 cm³/mol. The first-order valence-corrected chi connectivity index (χ1v) is 27.1. The summed E-state index contributed by atoms with van der Waals surface area (Å²) >= 11 is 0. The molecule has 0 N–H and O–H groups in total. The average Bonchev–Trinajstić information content (AvgIpc) is 3.30. The predicted octanol–water partition coefficient (Wildman–Crippen LogP) is 18.0. The second-order valence-corrected chi connectivity index (χ2v) is 17.7. The molecule has 0 aliphatic rings. The van der Waals surface area contributed by atoms with Crippen LogP contribution in [-0.4, -0.2) is 37.2 Å². The zero-order chi connectivity index (χ0) is 47.2. The quantitative estimate of drug-likeness (QED) is 0.0262. The molecule has 1 atom stereocenters. The Morgan fingerprint density at radius 2 is 0.615 bits per heavy atom. The molecule has 1 unspecified atom stereocenters. The molecule has 372 valence electrons. The van der Waals surface area contributed by atoms with Gasteiger partial charge >= 0.3 is 17.9 Å². The molecule has 0 rings (SSSR count). The monoisotopic (exact) mass is 905 g/mol. The standard InChI is InChI=1S/C59H100O6/c1-4-7-10-13-16-19-22-25-27-29-31-34-37-40-43-46-49-52-58(61)64-55-56(54-63-57(60)51-48-45-42-39-36-33-24-21-18-15-12-9-6-3)65-59(62)53-50-47-44-41-38-35-32-30-28-26-23-20-17-14-11-8-5-2/h7,10,16,19,21,24-28,31,34,40,43,56H,4-6,8-9,11-15,17-18,20,22-23,29-30,32-33,35-39,41-42,44-55H2,1-3H3/b10-7-,19-16-,24-21-,27-25-,28-26-,34-31-,43-40-. The lowest BCUT2D eigenvalue weighted by atomic mass is 10.1. The van der Waals surface area contributed by atoms with E-state index in [1.165, 1.54) is 116 Å². The highest BCUT2D eigenvalue weighted by Gasteiger charge is 2.19. The van der Waals surface area contributed by atoms with E-state index in [0.717, 1.165) is 89.9 Å². The van der Waals surface area contributed by atoms with Gasteiger partial charge < -0.3 is 14.2 Å². The summed E-state index contributed by atoms with van der Waals surface area (Å²) in [5.41, 5.74) is 0. The van der Waals surface area contributed by atoms with E-state index in [9.17, 15) is 14.4 Å². The highest BCUT2D eigenvalue weighted by Crippen LogP contribution is 2.14. The van der Waals surface area contributed by atoms with Crippen molar-refractivity contribution in [1.29, 1.82) is 0 Å². The summed E-state index contributed by atoms with van der Waals surface area (Å²) in [6.07, 6.45) is 68.6. The molecule has 65 heavy (non-hydrogen) atoms. The van der Waals surface area contributed by atoms with Crippen LogP contribution in [0.1, 0.15) is 252 Å². The number of ether oxygens (including phenoxy) is 3. The van der Waals surface area contributed by atoms with E-state index < -0.39 is 6.10 Å². The topological polar surface area (TPSA) is 78.9 Å². The average molecular weight is 905 g/mol. The molecule has 0 aromatic carbocycles. The van der Waals surface area contributed by atoms with Gasteiger partial charge in [-0.15, -0.1) is 0 Å². The van der Waals surface area contributed by atoms with Gasteiger partial charge in [-0.2, -0.15) is 0 Å². The van der Waals surface area contributed by atoms with E-state index in [1.54, 1.807) is 0 Å². The van der Waals surface area contributed by atoms with Crippen LogP contribution in [-0.2, 0) is 28.6 Å². The van der Waals surface area contributed by atoms with Gasteiger partial charge in [0.1, 0.15) is 13.2 Å². The van der Waals surface area contributed by atoms with Crippen molar-refractivity contribution in [2.24, 2.45) is 0 Å². The van der Waals surface area contributed by atoms with E-state index in [1.807, 2.05) is 0 Å².